The Hall–Kier alpha value is -3.43. The highest BCUT2D eigenvalue weighted by atomic mass is 19.3. The summed E-state index contributed by atoms with van der Waals surface area (Å²) in [6, 6.07) is 6.39. The molecule has 0 bridgehead atoms. The van der Waals surface area contributed by atoms with Crippen molar-refractivity contribution in [2.24, 2.45) is 11.6 Å². The summed E-state index contributed by atoms with van der Waals surface area (Å²) in [5.74, 6) is 2.36. The zero-order valence-corrected chi connectivity index (χ0v) is 23.0. The first-order chi connectivity index (χ1) is 18.2. The number of nitrogens with zero attached hydrogens (tertiary/aromatic N) is 3. The first-order valence-corrected chi connectivity index (χ1v) is 13.0. The van der Waals surface area contributed by atoms with Crippen LogP contribution in [0.1, 0.15) is 58.4 Å². The predicted octanol–water partition coefficient (Wildman–Crippen LogP) is 1.85. The molecule has 1 aromatic rings. The summed E-state index contributed by atoms with van der Waals surface area (Å²) >= 11 is 0. The largest absolute Gasteiger partial charge is 0.399 e. The normalized spacial score (nSPS) is 22.1. The highest BCUT2D eigenvalue weighted by molar-refractivity contribution is 5.88. The number of amides is 1. The van der Waals surface area contributed by atoms with Gasteiger partial charge in [-0.1, -0.05) is 32.9 Å². The van der Waals surface area contributed by atoms with E-state index in [4.69, 9.17) is 21.9 Å². The number of nitriles is 1. The van der Waals surface area contributed by atoms with E-state index in [0.29, 0.717) is 19.3 Å². The lowest BCUT2D eigenvalue weighted by atomic mass is 9.87. The molecule has 3 atom stereocenters. The highest BCUT2D eigenvalue weighted by Gasteiger charge is 2.37. The van der Waals surface area contributed by atoms with Gasteiger partial charge in [0.05, 0.1) is 24.4 Å². The van der Waals surface area contributed by atoms with Crippen molar-refractivity contribution in [2.45, 2.75) is 88.4 Å². The Labute approximate surface area is 229 Å². The average Bonchev–Trinajstić information content (AvgIpc) is 3.25. The topological polar surface area (TPSA) is 161 Å². The molecule has 1 aliphatic carbocycles. The molecule has 216 valence electrons. The van der Waals surface area contributed by atoms with Gasteiger partial charge in [0, 0.05) is 44.2 Å². The van der Waals surface area contributed by atoms with Gasteiger partial charge in [-0.15, -0.1) is 0 Å². The van der Waals surface area contributed by atoms with Gasteiger partial charge in [0.2, 0.25) is 11.8 Å². The van der Waals surface area contributed by atoms with Crippen molar-refractivity contribution >= 4 is 17.9 Å². The van der Waals surface area contributed by atoms with Gasteiger partial charge in [0.1, 0.15) is 12.3 Å². The number of hydrazine groups is 1. The van der Waals surface area contributed by atoms with Crippen molar-refractivity contribution in [2.75, 3.05) is 18.5 Å². The number of hydrogen-bond acceptors (Lipinski definition) is 9. The van der Waals surface area contributed by atoms with E-state index < -0.39 is 24.1 Å². The summed E-state index contributed by atoms with van der Waals surface area (Å²) in [6.45, 7) is 6.68. The molecule has 1 saturated carbocycles. The monoisotopic (exact) mass is 549 g/mol. The first-order valence-electron chi connectivity index (χ1n) is 13.0. The average molecular weight is 550 g/mol. The van der Waals surface area contributed by atoms with Gasteiger partial charge in [-0.05, 0) is 36.0 Å². The third-order valence-electron chi connectivity index (χ3n) is 7.01. The quantitative estimate of drug-likeness (QED) is 0.148. The van der Waals surface area contributed by atoms with Crippen LogP contribution in [0.15, 0.2) is 36.2 Å². The van der Waals surface area contributed by atoms with Crippen LogP contribution in [0, 0.1) is 11.5 Å². The van der Waals surface area contributed by atoms with Crippen LogP contribution < -0.4 is 27.2 Å². The summed E-state index contributed by atoms with van der Waals surface area (Å²) in [6.07, 6.45) is 3.81. The van der Waals surface area contributed by atoms with Crippen LogP contribution >= 0.6 is 0 Å². The van der Waals surface area contributed by atoms with E-state index in [0.717, 1.165) is 5.69 Å². The maximum absolute atomic E-state index is 13.4. The zero-order valence-electron chi connectivity index (χ0n) is 23.0. The molecule has 12 heteroatoms. The number of carbonyl (C=O) groups excluding carboxylic acids is 2. The number of hydrogen-bond donors (Lipinski definition) is 5. The second kappa shape index (κ2) is 13.6. The Balaban J connectivity index is 0.000000446. The molecule has 0 aromatic heterocycles. The Morgan fingerprint density at radius 2 is 1.87 bits per heavy atom. The second-order valence-electron chi connectivity index (χ2n) is 11.1. The number of halogens is 2. The lowest BCUT2D eigenvalue weighted by Gasteiger charge is -2.33. The number of rotatable bonds is 7. The van der Waals surface area contributed by atoms with Gasteiger partial charge < -0.3 is 31.3 Å². The van der Waals surface area contributed by atoms with Gasteiger partial charge in [-0.2, -0.15) is 5.26 Å². The number of alkyl halides is 2. The van der Waals surface area contributed by atoms with E-state index in [1.54, 1.807) is 11.9 Å². The van der Waals surface area contributed by atoms with Crippen LogP contribution in [0.25, 0.3) is 0 Å². The van der Waals surface area contributed by atoms with Crippen molar-refractivity contribution in [1.82, 2.24) is 15.6 Å². The molecule has 3 unspecified atom stereocenters. The van der Waals surface area contributed by atoms with Crippen LogP contribution in [0.2, 0.25) is 0 Å². The van der Waals surface area contributed by atoms with Crippen LogP contribution in [0.4, 0.5) is 14.5 Å². The van der Waals surface area contributed by atoms with Crippen molar-refractivity contribution in [3.05, 3.63) is 41.7 Å². The lowest BCUT2D eigenvalue weighted by Crippen LogP contribution is -2.52. The molecule has 1 saturated heterocycles. The number of aliphatic hydroxyl groups is 1. The zero-order chi connectivity index (χ0) is 29.4. The molecule has 1 amide bonds. The molecule has 10 nitrogen and oxygen atoms in total. The van der Waals surface area contributed by atoms with Gasteiger partial charge in [0.15, 0.2) is 6.19 Å². The van der Waals surface area contributed by atoms with E-state index in [2.05, 4.69) is 31.5 Å². The number of likely N-dealkylation sites (N-methyl/N-ethyl adjacent to an activating group) is 1. The Bertz CT molecular complexity index is 1030. The number of β-amino-alcohol motifs (C(OH)–C–C–N with tert-alkyl or cyclic N) is 1. The number of benzene rings is 1. The highest BCUT2D eigenvalue weighted by Crippen LogP contribution is 2.33. The van der Waals surface area contributed by atoms with Crippen LogP contribution in [-0.2, 0) is 15.0 Å². The fourth-order valence-corrected chi connectivity index (χ4v) is 4.62. The predicted molar refractivity (Wildman–Crippen MR) is 145 cm³/mol. The van der Waals surface area contributed by atoms with Crippen molar-refractivity contribution in [1.29, 1.82) is 5.26 Å². The SMILES string of the molecule is CN(c1ccc(C(C)(C)C)cc1)C(C(=O)NC1CCC(F)(F)CC1)/C(N)=C/NN.N#CN1CC(O)CC1C=O. The minimum atomic E-state index is -2.64. The minimum absolute atomic E-state index is 0.0132. The second-order valence-corrected chi connectivity index (χ2v) is 11.1. The maximum atomic E-state index is 13.4. The summed E-state index contributed by atoms with van der Waals surface area (Å²) in [5, 5.41) is 20.3. The number of nitrogens with two attached hydrogens (primary N) is 2. The summed E-state index contributed by atoms with van der Waals surface area (Å²) in [5.41, 5.74) is 10.7. The molecule has 0 radical (unpaired) electrons. The third-order valence-corrected chi connectivity index (χ3v) is 7.01. The summed E-state index contributed by atoms with van der Waals surface area (Å²) < 4.78 is 26.8. The van der Waals surface area contributed by atoms with Gasteiger partial charge in [0.25, 0.3) is 0 Å². The molecular weight excluding hydrogens is 508 g/mol. The molecule has 1 heterocycles. The standard InChI is InChI=1S/C21H33F2N5O.C6H8N2O2/c1-20(2,3)14-5-7-16(8-6-14)28(4)18(17(24)13-26-25)19(29)27-15-9-11-21(22,23)12-10-15;7-4-8-2-6(10)1-5(8)3-9/h5-8,13,15,18,26H,9-12,24-25H2,1-4H3,(H,27,29);3,5-6,10H,1-2H2/b17-13-;. The van der Waals surface area contributed by atoms with E-state index >= 15 is 0 Å². The molecule has 2 aliphatic rings. The number of nitrogens with one attached hydrogen (secondary N) is 2. The van der Waals surface area contributed by atoms with E-state index in [9.17, 15) is 18.4 Å². The fraction of sp³-hybridized carbons (Fsp3) is 0.593. The van der Waals surface area contributed by atoms with Crippen LogP contribution in [-0.4, -0.2) is 65.9 Å². The van der Waals surface area contributed by atoms with E-state index in [-0.39, 0.29) is 48.7 Å². The number of likely N-dealkylation sites (tertiary alicyclic amines) is 1. The van der Waals surface area contributed by atoms with E-state index in [1.165, 1.54) is 16.7 Å². The van der Waals surface area contributed by atoms with E-state index in [1.807, 2.05) is 30.5 Å². The summed E-state index contributed by atoms with van der Waals surface area (Å²) in [4.78, 5) is 26.3. The maximum Gasteiger partial charge on any atom is 0.249 e. The van der Waals surface area contributed by atoms with Crippen LogP contribution in [0.5, 0.6) is 0 Å². The molecule has 2 fully saturated rings. The molecular formula is C27H41F2N7O3. The minimum Gasteiger partial charge on any atom is -0.399 e. The molecule has 1 aliphatic heterocycles. The molecule has 7 N–H and O–H groups in total. The number of carbonyl (C=O) groups is 2. The fourth-order valence-electron chi connectivity index (χ4n) is 4.62. The smallest absolute Gasteiger partial charge is 0.249 e. The van der Waals surface area contributed by atoms with Crippen molar-refractivity contribution in [3.8, 4) is 6.19 Å². The van der Waals surface area contributed by atoms with Gasteiger partial charge in [-0.3, -0.25) is 15.5 Å². The van der Waals surface area contributed by atoms with Gasteiger partial charge in [-0.25, -0.2) is 8.78 Å². The number of aliphatic hydroxyl groups excluding tert-OH is 1. The van der Waals surface area contributed by atoms with Gasteiger partial charge >= 0.3 is 0 Å². The molecule has 0 spiro atoms. The number of aldehydes is 1. The Kier molecular flexibility index (Phi) is 11.1. The third kappa shape index (κ3) is 9.07. The number of anilines is 1. The van der Waals surface area contributed by atoms with Crippen molar-refractivity contribution in [3.63, 3.8) is 0 Å². The molecule has 3 rings (SSSR count). The Morgan fingerprint density at radius 3 is 2.33 bits per heavy atom. The summed E-state index contributed by atoms with van der Waals surface area (Å²) in [7, 11) is 1.77. The van der Waals surface area contributed by atoms with Crippen LogP contribution in [0.3, 0.4) is 0 Å². The Morgan fingerprint density at radius 1 is 1.28 bits per heavy atom. The molecule has 39 heavy (non-hydrogen) atoms. The molecule has 1 aromatic carbocycles. The first kappa shape index (κ1) is 31.8. The lowest BCUT2D eigenvalue weighted by molar-refractivity contribution is -0.123. The van der Waals surface area contributed by atoms with Crippen molar-refractivity contribution < 1.29 is 23.5 Å².